The monoisotopic (exact) mass is 685 g/mol. The molecule has 11 nitrogen and oxygen atoms in total. The summed E-state index contributed by atoms with van der Waals surface area (Å²) in [6.07, 6.45) is 1.40. The summed E-state index contributed by atoms with van der Waals surface area (Å²) in [5.41, 5.74) is 10.6. The van der Waals surface area contributed by atoms with Crippen molar-refractivity contribution in [1.82, 2.24) is 4.90 Å². The third-order valence-corrected chi connectivity index (χ3v) is 9.21. The van der Waals surface area contributed by atoms with Crippen LogP contribution in [0.15, 0.2) is 42.5 Å². The van der Waals surface area contributed by atoms with Crippen molar-refractivity contribution in [1.29, 1.82) is 0 Å². The van der Waals surface area contributed by atoms with Gasteiger partial charge in [-0.2, -0.15) is 0 Å². The van der Waals surface area contributed by atoms with Crippen LogP contribution in [0.25, 0.3) is 0 Å². The van der Waals surface area contributed by atoms with Crippen LogP contribution in [0.3, 0.4) is 0 Å². The number of fused-ring (bicyclic) bond motifs is 1. The van der Waals surface area contributed by atoms with E-state index in [4.69, 9.17) is 34.2 Å². The van der Waals surface area contributed by atoms with Crippen molar-refractivity contribution < 1.29 is 38.3 Å². The lowest BCUT2D eigenvalue weighted by molar-refractivity contribution is -0.149. The fourth-order valence-electron chi connectivity index (χ4n) is 6.38. The average molecular weight is 686 g/mol. The molecule has 1 amide bonds. The Balaban J connectivity index is 1.56. The Labute approximate surface area is 292 Å². The molecule has 0 radical (unpaired) electrons. The minimum Gasteiger partial charge on any atom is -0.490 e. The second kappa shape index (κ2) is 20.2. The first-order chi connectivity index (χ1) is 23.7. The van der Waals surface area contributed by atoms with E-state index < -0.39 is 18.2 Å². The summed E-state index contributed by atoms with van der Waals surface area (Å²) < 4.78 is 35.4. The molecule has 0 spiro atoms. The fraction of sp³-hybridized carbons (Fsp3) is 0.658. The van der Waals surface area contributed by atoms with E-state index in [0.717, 1.165) is 67.1 Å². The van der Waals surface area contributed by atoms with Crippen molar-refractivity contribution in [2.75, 3.05) is 78.3 Å². The molecule has 11 heteroatoms. The van der Waals surface area contributed by atoms with Crippen LogP contribution in [0.2, 0.25) is 0 Å². The number of hydrogen-bond acceptors (Lipinski definition) is 10. The first-order valence-corrected chi connectivity index (χ1v) is 17.8. The number of methoxy groups -OCH3 is 2. The predicted molar refractivity (Wildman–Crippen MR) is 190 cm³/mol. The molecule has 2 aromatic carbocycles. The number of aliphatic hydroxyl groups is 1. The van der Waals surface area contributed by atoms with E-state index in [-0.39, 0.29) is 30.5 Å². The standard InChI is InChI=1S/C38H59N3O8/c1-27(2)37(39)38(43)41-22-34(48-24-28(3)42)36(31-12-9-29(10-13-31)25-46-19-7-6-17-44-4)35(23-41)49-26-30-11-14-33-32(21-30)40(16-20-47-33)15-8-18-45-5/h9-14,21,27-28,34-37,42H,6-8,15-20,22-26,39H2,1-5H3/t28-,34-,35+,36+,37?/m1/s1. The topological polar surface area (TPSA) is 125 Å². The minimum atomic E-state index is -0.656. The number of unbranched alkanes of at least 4 members (excludes halogenated alkanes) is 1. The number of ether oxygens (including phenoxy) is 6. The van der Waals surface area contributed by atoms with Crippen molar-refractivity contribution in [3.05, 3.63) is 59.2 Å². The Bertz CT molecular complexity index is 1260. The lowest BCUT2D eigenvalue weighted by atomic mass is 9.83. The zero-order chi connectivity index (χ0) is 35.2. The number of hydrogen-bond donors (Lipinski definition) is 2. The van der Waals surface area contributed by atoms with E-state index in [1.165, 1.54) is 0 Å². The van der Waals surface area contributed by atoms with Crippen LogP contribution in [-0.2, 0) is 41.7 Å². The molecule has 2 aliphatic rings. The smallest absolute Gasteiger partial charge is 0.239 e. The quantitative estimate of drug-likeness (QED) is 0.197. The van der Waals surface area contributed by atoms with Crippen LogP contribution in [0, 0.1) is 5.92 Å². The van der Waals surface area contributed by atoms with E-state index in [0.29, 0.717) is 46.1 Å². The van der Waals surface area contributed by atoms with Gasteiger partial charge in [0.25, 0.3) is 0 Å². The SMILES string of the molecule is COCCCCOCc1ccc([C@@H]2[C@@H](OCc3ccc4c(c3)N(CCCOC)CCO4)CN(C(=O)C(N)C(C)C)C[C@H]2OC[C@@H](C)O)cc1. The number of carbonyl (C=O) groups excluding carboxylic acids is 1. The van der Waals surface area contributed by atoms with Gasteiger partial charge in [0.05, 0.1) is 56.4 Å². The highest BCUT2D eigenvalue weighted by molar-refractivity contribution is 5.82. The van der Waals surface area contributed by atoms with Gasteiger partial charge in [-0.15, -0.1) is 0 Å². The van der Waals surface area contributed by atoms with Gasteiger partial charge in [0, 0.05) is 59.6 Å². The van der Waals surface area contributed by atoms with Crippen molar-refractivity contribution in [3.8, 4) is 5.75 Å². The van der Waals surface area contributed by atoms with Gasteiger partial charge in [0.2, 0.25) is 5.91 Å². The van der Waals surface area contributed by atoms with Crippen LogP contribution in [0.1, 0.15) is 62.6 Å². The molecule has 1 fully saturated rings. The highest BCUT2D eigenvalue weighted by Gasteiger charge is 2.42. The van der Waals surface area contributed by atoms with Crippen LogP contribution in [0.4, 0.5) is 5.69 Å². The summed E-state index contributed by atoms with van der Waals surface area (Å²) in [5, 5.41) is 10.2. The summed E-state index contributed by atoms with van der Waals surface area (Å²) in [4.78, 5) is 17.7. The van der Waals surface area contributed by atoms with Gasteiger partial charge >= 0.3 is 0 Å². The number of aliphatic hydroxyl groups excluding tert-OH is 1. The molecule has 3 N–H and O–H groups in total. The zero-order valence-electron chi connectivity index (χ0n) is 30.2. The van der Waals surface area contributed by atoms with Crippen LogP contribution in [-0.4, -0.2) is 114 Å². The highest BCUT2D eigenvalue weighted by atomic mass is 16.5. The molecule has 1 unspecified atom stereocenters. The fourth-order valence-corrected chi connectivity index (χ4v) is 6.38. The number of amides is 1. The van der Waals surface area contributed by atoms with Gasteiger partial charge in [-0.1, -0.05) is 44.2 Å². The molecule has 49 heavy (non-hydrogen) atoms. The molecule has 2 aliphatic heterocycles. The van der Waals surface area contributed by atoms with E-state index in [9.17, 15) is 9.90 Å². The van der Waals surface area contributed by atoms with Crippen LogP contribution in [0.5, 0.6) is 5.75 Å². The third-order valence-electron chi connectivity index (χ3n) is 9.21. The molecule has 0 aliphatic carbocycles. The summed E-state index contributed by atoms with van der Waals surface area (Å²) in [6.45, 7) is 11.8. The largest absolute Gasteiger partial charge is 0.490 e. The van der Waals surface area contributed by atoms with Crippen molar-refractivity contribution >= 4 is 11.6 Å². The normalized spacial score (nSPS) is 20.6. The molecule has 0 bridgehead atoms. The summed E-state index contributed by atoms with van der Waals surface area (Å²) in [6, 6.07) is 13.9. The number of anilines is 1. The third kappa shape index (κ3) is 11.6. The Hall–Kier alpha value is -2.77. The minimum absolute atomic E-state index is 0.0132. The molecule has 0 saturated carbocycles. The van der Waals surface area contributed by atoms with Gasteiger partial charge < -0.3 is 49.1 Å². The number of piperidine rings is 1. The van der Waals surface area contributed by atoms with Crippen molar-refractivity contribution in [3.63, 3.8) is 0 Å². The summed E-state index contributed by atoms with van der Waals surface area (Å²) in [7, 11) is 3.44. The van der Waals surface area contributed by atoms with E-state index >= 15 is 0 Å². The summed E-state index contributed by atoms with van der Waals surface area (Å²) >= 11 is 0. The van der Waals surface area contributed by atoms with Gasteiger partial charge in [-0.3, -0.25) is 4.79 Å². The van der Waals surface area contributed by atoms with E-state index in [2.05, 4.69) is 35.2 Å². The predicted octanol–water partition coefficient (Wildman–Crippen LogP) is 4.13. The molecule has 2 heterocycles. The molecule has 4 rings (SSSR count). The van der Waals surface area contributed by atoms with Crippen LogP contribution >= 0.6 is 0 Å². The lowest BCUT2D eigenvalue weighted by Crippen LogP contribution is -2.58. The first-order valence-electron chi connectivity index (χ1n) is 17.8. The maximum Gasteiger partial charge on any atom is 0.239 e. The number of rotatable bonds is 20. The number of nitrogens with two attached hydrogens (primary N) is 1. The van der Waals surface area contributed by atoms with Gasteiger partial charge in [0.1, 0.15) is 12.4 Å². The first kappa shape index (κ1) is 39.0. The van der Waals surface area contributed by atoms with Gasteiger partial charge in [0.15, 0.2) is 0 Å². The number of benzene rings is 2. The van der Waals surface area contributed by atoms with Crippen molar-refractivity contribution in [2.45, 2.75) is 83.5 Å². The Morgan fingerprint density at radius 3 is 2.29 bits per heavy atom. The second-order valence-electron chi connectivity index (χ2n) is 13.6. The van der Waals surface area contributed by atoms with Crippen LogP contribution < -0.4 is 15.4 Å². The molecular formula is C38H59N3O8. The average Bonchev–Trinajstić information content (AvgIpc) is 3.10. The lowest BCUT2D eigenvalue weighted by Gasteiger charge is -2.44. The Morgan fingerprint density at radius 2 is 1.59 bits per heavy atom. The molecule has 1 saturated heterocycles. The number of carbonyl (C=O) groups is 1. The van der Waals surface area contributed by atoms with E-state index in [1.807, 2.05) is 26.0 Å². The van der Waals surface area contributed by atoms with Gasteiger partial charge in [-0.05, 0) is 60.9 Å². The Kier molecular flexibility index (Phi) is 16.1. The molecular weight excluding hydrogens is 626 g/mol. The van der Waals surface area contributed by atoms with E-state index in [1.54, 1.807) is 26.0 Å². The highest BCUT2D eigenvalue weighted by Crippen LogP contribution is 2.36. The molecule has 2 aromatic rings. The Morgan fingerprint density at radius 1 is 0.918 bits per heavy atom. The maximum atomic E-state index is 13.6. The zero-order valence-corrected chi connectivity index (χ0v) is 30.2. The molecule has 5 atom stereocenters. The van der Waals surface area contributed by atoms with Gasteiger partial charge in [-0.25, -0.2) is 0 Å². The molecule has 0 aromatic heterocycles. The second-order valence-corrected chi connectivity index (χ2v) is 13.6. The maximum absolute atomic E-state index is 13.6. The number of likely N-dealkylation sites (tertiary alicyclic amines) is 1. The van der Waals surface area contributed by atoms with Crippen molar-refractivity contribution in [2.24, 2.45) is 11.7 Å². The number of nitrogens with zero attached hydrogens (tertiary/aromatic N) is 2. The molecule has 274 valence electrons. The summed E-state index contributed by atoms with van der Waals surface area (Å²) in [5.74, 6) is 0.547.